The molecule has 0 aliphatic heterocycles. The Kier molecular flexibility index (Phi) is 8.14. The molecule has 0 bridgehead atoms. The Hall–Kier alpha value is -1.64. The maximum Gasteiger partial charge on any atom is 0.339 e. The number of carbonyl (C=O) groups excluding carboxylic acids is 1. The summed E-state index contributed by atoms with van der Waals surface area (Å²) in [6, 6.07) is 3.60. The van der Waals surface area contributed by atoms with E-state index in [-0.39, 0.29) is 17.5 Å². The summed E-state index contributed by atoms with van der Waals surface area (Å²) < 4.78 is 5.98. The number of ether oxygens (including phenoxy) is 1. The van der Waals surface area contributed by atoms with E-state index < -0.39 is 0 Å². The zero-order valence-corrected chi connectivity index (χ0v) is 25.0. The number of hydrogen-bond donors (Lipinski definition) is 0. The first kappa shape index (κ1) is 27.9. The Balaban J connectivity index is 1.26. The average molecular weight is 520 g/mol. The van der Waals surface area contributed by atoms with Crippen LogP contribution in [-0.2, 0) is 4.74 Å². The minimum Gasteiger partial charge on any atom is -0.458 e. The third-order valence-corrected chi connectivity index (χ3v) is 12.1. The Bertz CT molecular complexity index is 1000. The zero-order chi connectivity index (χ0) is 27.1. The Morgan fingerprint density at radius 2 is 1.89 bits per heavy atom. The zero-order valence-electron chi connectivity index (χ0n) is 25.0. The fourth-order valence-electron chi connectivity index (χ4n) is 10.2. The van der Waals surface area contributed by atoms with E-state index in [1.54, 1.807) is 30.1 Å². The van der Waals surface area contributed by atoms with Gasteiger partial charge in [0.15, 0.2) is 0 Å². The lowest BCUT2D eigenvalue weighted by Crippen LogP contribution is -2.51. The molecule has 3 unspecified atom stereocenters. The van der Waals surface area contributed by atoms with Crippen LogP contribution in [-0.4, -0.2) is 17.1 Å². The summed E-state index contributed by atoms with van der Waals surface area (Å²) in [6.45, 7) is 15.1. The quantitative estimate of drug-likeness (QED) is 0.254. The lowest BCUT2D eigenvalue weighted by Gasteiger charge is -2.58. The van der Waals surface area contributed by atoms with E-state index in [0.29, 0.717) is 11.0 Å². The second kappa shape index (κ2) is 11.1. The maximum absolute atomic E-state index is 12.7. The van der Waals surface area contributed by atoms with Gasteiger partial charge in [0.05, 0.1) is 5.56 Å². The summed E-state index contributed by atoms with van der Waals surface area (Å²) in [5, 5.41) is 0. The van der Waals surface area contributed by atoms with Crippen LogP contribution in [0.25, 0.3) is 0 Å². The Morgan fingerprint density at radius 3 is 2.61 bits per heavy atom. The molecular formula is C35H53NO2. The van der Waals surface area contributed by atoms with Gasteiger partial charge in [-0.1, -0.05) is 59.6 Å². The van der Waals surface area contributed by atoms with E-state index in [4.69, 9.17) is 4.74 Å². The van der Waals surface area contributed by atoms with E-state index in [0.717, 1.165) is 60.7 Å². The highest BCUT2D eigenvalue weighted by Gasteiger charge is 2.59. The van der Waals surface area contributed by atoms with Gasteiger partial charge >= 0.3 is 5.97 Å². The fourth-order valence-corrected chi connectivity index (χ4v) is 10.2. The second-order valence-electron chi connectivity index (χ2n) is 14.6. The molecule has 4 aliphatic carbocycles. The van der Waals surface area contributed by atoms with Crippen LogP contribution in [0.1, 0.15) is 123 Å². The van der Waals surface area contributed by atoms with Gasteiger partial charge in [-0.15, -0.1) is 0 Å². The van der Waals surface area contributed by atoms with Crippen LogP contribution in [0.2, 0.25) is 0 Å². The molecule has 0 radical (unpaired) electrons. The van der Waals surface area contributed by atoms with Gasteiger partial charge in [-0.05, 0) is 122 Å². The molecule has 1 aromatic rings. The molecule has 3 fully saturated rings. The van der Waals surface area contributed by atoms with Crippen molar-refractivity contribution in [3.63, 3.8) is 0 Å². The van der Waals surface area contributed by atoms with Gasteiger partial charge in [-0.25, -0.2) is 4.79 Å². The first-order chi connectivity index (χ1) is 18.2. The lowest BCUT2D eigenvalue weighted by atomic mass is 9.47. The molecule has 3 heteroatoms. The number of fused-ring (bicyclic) bond motifs is 5. The van der Waals surface area contributed by atoms with E-state index in [9.17, 15) is 4.79 Å². The predicted octanol–water partition coefficient (Wildman–Crippen LogP) is 9.28. The molecule has 0 amide bonds. The van der Waals surface area contributed by atoms with Gasteiger partial charge in [0, 0.05) is 18.8 Å². The molecule has 38 heavy (non-hydrogen) atoms. The average Bonchev–Trinajstić information content (AvgIpc) is 3.26. The number of nitrogens with zero attached hydrogens (tertiary/aromatic N) is 1. The second-order valence-corrected chi connectivity index (χ2v) is 14.6. The van der Waals surface area contributed by atoms with Gasteiger partial charge in [0.1, 0.15) is 6.10 Å². The van der Waals surface area contributed by atoms with Crippen LogP contribution in [0.3, 0.4) is 0 Å². The van der Waals surface area contributed by atoms with E-state index >= 15 is 0 Å². The smallest absolute Gasteiger partial charge is 0.339 e. The highest BCUT2D eigenvalue weighted by Crippen LogP contribution is 2.67. The molecule has 0 aromatic carbocycles. The number of carbonyl (C=O) groups is 1. The summed E-state index contributed by atoms with van der Waals surface area (Å²) in [5.74, 6) is 5.75. The summed E-state index contributed by atoms with van der Waals surface area (Å²) >= 11 is 0. The summed E-state index contributed by atoms with van der Waals surface area (Å²) in [6.07, 6.45) is 20.1. The van der Waals surface area contributed by atoms with Gasteiger partial charge in [0.25, 0.3) is 0 Å². The number of hydrogen-bond acceptors (Lipinski definition) is 3. The number of allylic oxidation sites excluding steroid dienone is 1. The van der Waals surface area contributed by atoms with Gasteiger partial charge in [0.2, 0.25) is 0 Å². The third-order valence-electron chi connectivity index (χ3n) is 12.1. The molecule has 0 spiro atoms. The molecular weight excluding hydrogens is 466 g/mol. The summed E-state index contributed by atoms with van der Waals surface area (Å²) in [7, 11) is 0. The lowest BCUT2D eigenvalue weighted by molar-refractivity contribution is -0.0602. The Labute approximate surface area is 232 Å². The molecule has 1 heterocycles. The first-order valence-corrected chi connectivity index (χ1v) is 16.0. The molecule has 9 atom stereocenters. The number of pyridine rings is 1. The molecule has 3 nitrogen and oxygen atoms in total. The van der Waals surface area contributed by atoms with Crippen molar-refractivity contribution < 1.29 is 9.53 Å². The molecule has 0 saturated heterocycles. The van der Waals surface area contributed by atoms with Crippen LogP contribution >= 0.6 is 0 Å². The number of esters is 1. The van der Waals surface area contributed by atoms with Crippen LogP contribution in [0, 0.1) is 52.3 Å². The SMILES string of the molecule is CCC(CC(C)C)C[C@@H](C)[C@H]1CCC2[C@@H]3CC=C4C[C@@H](OC(=O)c5cccnc5)CC[C@]4(C)C3CC[C@@]21C. The van der Waals surface area contributed by atoms with Crippen LogP contribution in [0.15, 0.2) is 36.2 Å². The molecule has 3 saturated carbocycles. The van der Waals surface area contributed by atoms with Crippen LogP contribution < -0.4 is 0 Å². The van der Waals surface area contributed by atoms with Gasteiger partial charge in [-0.3, -0.25) is 4.98 Å². The molecule has 0 N–H and O–H groups in total. The number of aromatic nitrogens is 1. The molecule has 4 aliphatic rings. The Morgan fingerprint density at radius 1 is 1.08 bits per heavy atom. The minimum atomic E-state index is -0.223. The largest absolute Gasteiger partial charge is 0.458 e. The van der Waals surface area contributed by atoms with Gasteiger partial charge < -0.3 is 4.74 Å². The minimum absolute atomic E-state index is 0.00139. The van der Waals surface area contributed by atoms with Crippen LogP contribution in [0.5, 0.6) is 0 Å². The fraction of sp³-hybridized carbons (Fsp3) is 0.771. The van der Waals surface area contributed by atoms with Crippen molar-refractivity contribution in [1.82, 2.24) is 4.98 Å². The standard InChI is InChI=1S/C35H53NO2/c1-7-25(19-23(2)3)20-24(4)30-12-13-31-29-11-10-27-21-28(38-33(37)26-9-8-18-36-22-26)14-16-34(27,5)32(29)15-17-35(30,31)6/h8-10,18,22-25,28-32H,7,11-17,19-21H2,1-6H3/t24-,25?,28+,29+,30-,31?,32?,34+,35-/m1/s1. The summed E-state index contributed by atoms with van der Waals surface area (Å²) in [4.78, 5) is 16.8. The normalized spacial score (nSPS) is 38.0. The van der Waals surface area contributed by atoms with E-state index in [2.05, 4.69) is 52.6 Å². The molecule has 5 rings (SSSR count). The number of rotatable bonds is 8. The highest BCUT2D eigenvalue weighted by atomic mass is 16.5. The van der Waals surface area contributed by atoms with E-state index in [1.165, 1.54) is 51.4 Å². The van der Waals surface area contributed by atoms with Crippen molar-refractivity contribution in [2.24, 2.45) is 52.3 Å². The first-order valence-electron chi connectivity index (χ1n) is 16.0. The van der Waals surface area contributed by atoms with Crippen molar-refractivity contribution >= 4 is 5.97 Å². The van der Waals surface area contributed by atoms with Crippen molar-refractivity contribution in [1.29, 1.82) is 0 Å². The van der Waals surface area contributed by atoms with Crippen molar-refractivity contribution in [2.45, 2.75) is 118 Å². The summed E-state index contributed by atoms with van der Waals surface area (Å²) in [5.41, 5.74) is 2.95. The van der Waals surface area contributed by atoms with Gasteiger partial charge in [-0.2, -0.15) is 0 Å². The monoisotopic (exact) mass is 519 g/mol. The molecule has 1 aromatic heterocycles. The molecule has 210 valence electrons. The highest BCUT2D eigenvalue weighted by molar-refractivity contribution is 5.89. The van der Waals surface area contributed by atoms with Crippen molar-refractivity contribution in [3.05, 3.63) is 41.7 Å². The maximum atomic E-state index is 12.7. The van der Waals surface area contributed by atoms with Crippen molar-refractivity contribution in [3.8, 4) is 0 Å². The van der Waals surface area contributed by atoms with Crippen molar-refractivity contribution in [2.75, 3.05) is 0 Å². The predicted molar refractivity (Wildman–Crippen MR) is 156 cm³/mol. The topological polar surface area (TPSA) is 39.2 Å². The third kappa shape index (κ3) is 5.13. The van der Waals surface area contributed by atoms with Crippen LogP contribution in [0.4, 0.5) is 0 Å². The van der Waals surface area contributed by atoms with E-state index in [1.807, 2.05) is 0 Å².